The molecule has 1 saturated heterocycles. The van der Waals surface area contributed by atoms with Crippen LogP contribution in [0.1, 0.15) is 50.2 Å². The van der Waals surface area contributed by atoms with Gasteiger partial charge >= 0.3 is 0 Å². The third-order valence-corrected chi connectivity index (χ3v) is 4.72. The van der Waals surface area contributed by atoms with Gasteiger partial charge in [0.1, 0.15) is 5.78 Å². The Balaban J connectivity index is 1.94. The number of nitrogens with zero attached hydrogens (tertiary/aromatic N) is 2. The standard InChI is InChI=1S/C14H22N2OS/c1-10(2)14-15-13(9-18-14)8-16-6-4-5-12(7-16)11(3)17/h9-10,12H,4-8H2,1-3H3. The minimum Gasteiger partial charge on any atom is -0.300 e. The molecule has 0 amide bonds. The number of Topliss-reactive ketones (excluding diaryl/α,β-unsaturated/α-hetero) is 1. The predicted octanol–water partition coefficient (Wildman–Crippen LogP) is 3.07. The number of rotatable bonds is 4. The quantitative estimate of drug-likeness (QED) is 0.839. The van der Waals surface area contributed by atoms with Crippen molar-refractivity contribution in [1.29, 1.82) is 0 Å². The summed E-state index contributed by atoms with van der Waals surface area (Å²) in [6.07, 6.45) is 2.19. The Bertz CT molecular complexity index is 414. The van der Waals surface area contributed by atoms with Gasteiger partial charge in [0.25, 0.3) is 0 Å². The minimum atomic E-state index is 0.238. The fourth-order valence-electron chi connectivity index (χ4n) is 2.42. The van der Waals surface area contributed by atoms with Crippen molar-refractivity contribution >= 4 is 17.1 Å². The molecule has 18 heavy (non-hydrogen) atoms. The third-order valence-electron chi connectivity index (χ3n) is 3.53. The van der Waals surface area contributed by atoms with Gasteiger partial charge in [-0.1, -0.05) is 13.8 Å². The second-order valence-electron chi connectivity index (χ2n) is 5.52. The highest BCUT2D eigenvalue weighted by atomic mass is 32.1. The Morgan fingerprint density at radius 3 is 3.00 bits per heavy atom. The lowest BCUT2D eigenvalue weighted by atomic mass is 9.94. The van der Waals surface area contributed by atoms with Gasteiger partial charge < -0.3 is 0 Å². The Morgan fingerprint density at radius 1 is 1.61 bits per heavy atom. The molecule has 2 rings (SSSR count). The summed E-state index contributed by atoms with van der Waals surface area (Å²) in [7, 11) is 0. The zero-order chi connectivity index (χ0) is 13.1. The summed E-state index contributed by atoms with van der Waals surface area (Å²) in [6, 6.07) is 0. The molecule has 1 fully saturated rings. The Hall–Kier alpha value is -0.740. The predicted molar refractivity (Wildman–Crippen MR) is 74.9 cm³/mol. The zero-order valence-electron chi connectivity index (χ0n) is 11.5. The molecule has 1 aromatic heterocycles. The molecule has 4 heteroatoms. The van der Waals surface area contributed by atoms with Gasteiger partial charge in [-0.25, -0.2) is 4.98 Å². The molecule has 0 aromatic carbocycles. The van der Waals surface area contributed by atoms with Crippen LogP contribution >= 0.6 is 11.3 Å². The lowest BCUT2D eigenvalue weighted by molar-refractivity contribution is -0.122. The lowest BCUT2D eigenvalue weighted by Gasteiger charge is -2.30. The molecule has 0 bridgehead atoms. The topological polar surface area (TPSA) is 33.2 Å². The third kappa shape index (κ3) is 3.39. The fourth-order valence-corrected chi connectivity index (χ4v) is 3.25. The van der Waals surface area contributed by atoms with E-state index in [1.54, 1.807) is 18.3 Å². The van der Waals surface area contributed by atoms with Crippen LogP contribution in [0.5, 0.6) is 0 Å². The van der Waals surface area contributed by atoms with Crippen LogP contribution in [0.4, 0.5) is 0 Å². The first kappa shape index (κ1) is 13.7. The van der Waals surface area contributed by atoms with Crippen LogP contribution in [0.2, 0.25) is 0 Å². The monoisotopic (exact) mass is 266 g/mol. The molecule has 1 aromatic rings. The first-order chi connectivity index (χ1) is 8.56. The molecular weight excluding hydrogens is 244 g/mol. The molecule has 0 spiro atoms. The van der Waals surface area contributed by atoms with Crippen LogP contribution in [-0.2, 0) is 11.3 Å². The average molecular weight is 266 g/mol. The van der Waals surface area contributed by atoms with Crippen molar-refractivity contribution in [1.82, 2.24) is 9.88 Å². The number of aromatic nitrogens is 1. The van der Waals surface area contributed by atoms with Crippen molar-refractivity contribution in [3.05, 3.63) is 16.1 Å². The number of carbonyl (C=O) groups excluding carboxylic acids is 1. The van der Waals surface area contributed by atoms with Crippen molar-refractivity contribution < 1.29 is 4.79 Å². The van der Waals surface area contributed by atoms with E-state index >= 15 is 0 Å². The van der Waals surface area contributed by atoms with Crippen LogP contribution in [0.15, 0.2) is 5.38 Å². The van der Waals surface area contributed by atoms with Gasteiger partial charge in [-0.05, 0) is 26.3 Å². The van der Waals surface area contributed by atoms with E-state index in [0.29, 0.717) is 11.7 Å². The number of hydrogen-bond donors (Lipinski definition) is 0. The fraction of sp³-hybridized carbons (Fsp3) is 0.714. The average Bonchev–Trinajstić information content (AvgIpc) is 2.78. The highest BCUT2D eigenvalue weighted by Crippen LogP contribution is 2.22. The van der Waals surface area contributed by atoms with E-state index < -0.39 is 0 Å². The number of piperidine rings is 1. The van der Waals surface area contributed by atoms with E-state index in [2.05, 4.69) is 29.1 Å². The van der Waals surface area contributed by atoms with Gasteiger partial charge in [0.15, 0.2) is 0 Å². The van der Waals surface area contributed by atoms with Gasteiger partial charge in [0.2, 0.25) is 0 Å². The molecule has 0 N–H and O–H groups in total. The normalized spacial score (nSPS) is 21.4. The molecule has 1 aliphatic heterocycles. The Kier molecular flexibility index (Phi) is 4.51. The highest BCUT2D eigenvalue weighted by molar-refractivity contribution is 7.09. The van der Waals surface area contributed by atoms with Gasteiger partial charge in [0.05, 0.1) is 10.7 Å². The maximum absolute atomic E-state index is 11.4. The molecule has 1 atom stereocenters. The maximum Gasteiger partial charge on any atom is 0.134 e. The molecule has 2 heterocycles. The molecule has 1 aliphatic rings. The molecule has 1 unspecified atom stereocenters. The molecule has 0 radical (unpaired) electrons. The van der Waals surface area contributed by atoms with E-state index in [0.717, 1.165) is 38.2 Å². The summed E-state index contributed by atoms with van der Waals surface area (Å²) in [5.74, 6) is 1.08. The lowest BCUT2D eigenvalue weighted by Crippen LogP contribution is -2.37. The van der Waals surface area contributed by atoms with Crippen LogP contribution < -0.4 is 0 Å². The van der Waals surface area contributed by atoms with Gasteiger partial charge in [0, 0.05) is 30.3 Å². The van der Waals surface area contributed by atoms with E-state index in [1.807, 2.05) is 0 Å². The number of likely N-dealkylation sites (tertiary alicyclic amines) is 1. The molecule has 0 saturated carbocycles. The minimum absolute atomic E-state index is 0.238. The van der Waals surface area contributed by atoms with Crippen LogP contribution in [0, 0.1) is 5.92 Å². The van der Waals surface area contributed by atoms with E-state index in [9.17, 15) is 4.79 Å². The van der Waals surface area contributed by atoms with E-state index in [4.69, 9.17) is 0 Å². The summed E-state index contributed by atoms with van der Waals surface area (Å²) in [5, 5.41) is 3.37. The van der Waals surface area contributed by atoms with Crippen molar-refractivity contribution in [2.24, 2.45) is 5.92 Å². The highest BCUT2D eigenvalue weighted by Gasteiger charge is 2.23. The summed E-state index contributed by atoms with van der Waals surface area (Å²) in [6.45, 7) is 8.97. The molecule has 100 valence electrons. The van der Waals surface area contributed by atoms with Crippen molar-refractivity contribution in [3.63, 3.8) is 0 Å². The van der Waals surface area contributed by atoms with Gasteiger partial charge in [-0.2, -0.15) is 0 Å². The largest absolute Gasteiger partial charge is 0.300 e. The summed E-state index contributed by atoms with van der Waals surface area (Å²) < 4.78 is 0. The van der Waals surface area contributed by atoms with Crippen LogP contribution in [0.3, 0.4) is 0 Å². The summed E-state index contributed by atoms with van der Waals surface area (Å²) >= 11 is 1.75. The number of thiazole rings is 1. The molecule has 0 aliphatic carbocycles. The summed E-state index contributed by atoms with van der Waals surface area (Å²) in [5.41, 5.74) is 1.16. The van der Waals surface area contributed by atoms with Gasteiger partial charge in [-0.3, -0.25) is 9.69 Å². The SMILES string of the molecule is CC(=O)C1CCCN(Cc2csc(C(C)C)n2)C1. The second-order valence-corrected chi connectivity index (χ2v) is 6.41. The zero-order valence-corrected chi connectivity index (χ0v) is 12.3. The first-order valence-corrected chi connectivity index (χ1v) is 7.61. The molecule has 3 nitrogen and oxygen atoms in total. The number of carbonyl (C=O) groups is 1. The molecular formula is C14H22N2OS. The Morgan fingerprint density at radius 2 is 2.39 bits per heavy atom. The smallest absolute Gasteiger partial charge is 0.134 e. The maximum atomic E-state index is 11.4. The second kappa shape index (κ2) is 5.93. The van der Waals surface area contributed by atoms with E-state index in [-0.39, 0.29) is 5.92 Å². The van der Waals surface area contributed by atoms with Crippen molar-refractivity contribution in [2.75, 3.05) is 13.1 Å². The Labute approximate surface area is 113 Å². The van der Waals surface area contributed by atoms with Crippen molar-refractivity contribution in [2.45, 2.75) is 46.1 Å². The van der Waals surface area contributed by atoms with Crippen LogP contribution in [-0.4, -0.2) is 28.8 Å². The number of ketones is 1. The van der Waals surface area contributed by atoms with Crippen molar-refractivity contribution in [3.8, 4) is 0 Å². The summed E-state index contributed by atoms with van der Waals surface area (Å²) in [4.78, 5) is 18.5. The number of hydrogen-bond acceptors (Lipinski definition) is 4. The van der Waals surface area contributed by atoms with Gasteiger partial charge in [-0.15, -0.1) is 11.3 Å². The first-order valence-electron chi connectivity index (χ1n) is 6.73. The van der Waals surface area contributed by atoms with Crippen LogP contribution in [0.25, 0.3) is 0 Å². The van der Waals surface area contributed by atoms with E-state index in [1.165, 1.54) is 5.01 Å².